The number of anilines is 1. The van der Waals surface area contributed by atoms with Crippen LogP contribution in [0.5, 0.6) is 0 Å². The molecule has 6 heteroatoms. The minimum Gasteiger partial charge on any atom is -0.379 e. The average Bonchev–Trinajstić information content (AvgIpc) is 2.81. The van der Waals surface area contributed by atoms with Crippen LogP contribution in [0.4, 0.5) is 18.9 Å². The molecule has 0 unspecified atom stereocenters. The predicted octanol–water partition coefficient (Wildman–Crippen LogP) is 3.84. The third kappa shape index (κ3) is 3.12. The van der Waals surface area contributed by atoms with Gasteiger partial charge in [-0.15, -0.1) is 0 Å². The minimum atomic E-state index is -4.37. The Bertz CT molecular complexity index is 588. The number of benzene rings is 1. The summed E-state index contributed by atoms with van der Waals surface area (Å²) in [5.74, 6) is 0. The van der Waals surface area contributed by atoms with Gasteiger partial charge >= 0.3 is 6.18 Å². The molecule has 0 aliphatic heterocycles. The second-order valence-electron chi connectivity index (χ2n) is 4.50. The molecule has 2 rings (SSSR count). The van der Waals surface area contributed by atoms with Gasteiger partial charge in [0.2, 0.25) is 0 Å². The van der Waals surface area contributed by atoms with Crippen LogP contribution < -0.4 is 5.32 Å². The van der Waals surface area contributed by atoms with Crippen molar-refractivity contribution in [3.63, 3.8) is 0 Å². The van der Waals surface area contributed by atoms with Crippen LogP contribution in [0.1, 0.15) is 23.9 Å². The van der Waals surface area contributed by atoms with Crippen molar-refractivity contribution in [1.29, 1.82) is 0 Å². The Morgan fingerprint density at radius 2 is 1.95 bits per heavy atom. The van der Waals surface area contributed by atoms with Gasteiger partial charge in [0.15, 0.2) is 0 Å². The van der Waals surface area contributed by atoms with E-state index in [0.717, 1.165) is 22.0 Å². The number of nitrogens with zero attached hydrogens (tertiary/aromatic N) is 2. The maximum Gasteiger partial charge on any atom is 0.433 e. The van der Waals surface area contributed by atoms with Crippen molar-refractivity contribution in [2.45, 2.75) is 33.1 Å². The van der Waals surface area contributed by atoms with Crippen molar-refractivity contribution in [2.75, 3.05) is 5.32 Å². The second-order valence-corrected chi connectivity index (χ2v) is 4.50. The number of nitrogens with one attached hydrogen (secondary N) is 1. The van der Waals surface area contributed by atoms with E-state index in [0.29, 0.717) is 5.69 Å². The summed E-state index contributed by atoms with van der Waals surface area (Å²) in [6, 6.07) is 8.70. The van der Waals surface area contributed by atoms with Crippen molar-refractivity contribution >= 4 is 5.69 Å². The first-order valence-corrected chi connectivity index (χ1v) is 6.35. The van der Waals surface area contributed by atoms with Crippen LogP contribution in [0, 0.1) is 6.92 Å². The highest BCUT2D eigenvalue weighted by Gasteiger charge is 2.35. The van der Waals surface area contributed by atoms with Crippen LogP contribution in [0.15, 0.2) is 30.3 Å². The molecule has 0 saturated heterocycles. The zero-order valence-electron chi connectivity index (χ0n) is 11.3. The van der Waals surface area contributed by atoms with E-state index >= 15 is 0 Å². The summed E-state index contributed by atoms with van der Waals surface area (Å²) in [6.45, 7) is 4.04. The lowest BCUT2D eigenvalue weighted by molar-refractivity contribution is -0.144. The monoisotopic (exact) mass is 283 g/mol. The van der Waals surface area contributed by atoms with Gasteiger partial charge in [-0.3, -0.25) is 4.68 Å². The first kappa shape index (κ1) is 14.4. The molecule has 0 radical (unpaired) electrons. The average molecular weight is 283 g/mol. The van der Waals surface area contributed by atoms with Crippen LogP contribution in [-0.2, 0) is 19.3 Å². The molecule has 1 aromatic heterocycles. The van der Waals surface area contributed by atoms with Gasteiger partial charge in [-0.05, 0) is 31.5 Å². The number of alkyl halides is 3. The number of aromatic nitrogens is 2. The van der Waals surface area contributed by atoms with Gasteiger partial charge in [-0.2, -0.15) is 18.3 Å². The van der Waals surface area contributed by atoms with Crippen molar-refractivity contribution in [3.05, 3.63) is 47.3 Å². The van der Waals surface area contributed by atoms with Crippen LogP contribution in [0.25, 0.3) is 0 Å². The smallest absolute Gasteiger partial charge is 0.379 e. The zero-order valence-corrected chi connectivity index (χ0v) is 11.3. The lowest BCUT2D eigenvalue weighted by atomic mass is 10.2. The topological polar surface area (TPSA) is 29.9 Å². The number of hydrogen-bond acceptors (Lipinski definition) is 2. The molecule has 0 saturated carbocycles. The van der Waals surface area contributed by atoms with E-state index in [4.69, 9.17) is 0 Å². The molecule has 0 aliphatic rings. The van der Waals surface area contributed by atoms with E-state index in [1.54, 1.807) is 6.92 Å². The third-order valence-corrected chi connectivity index (χ3v) is 3.03. The van der Waals surface area contributed by atoms with E-state index in [1.165, 1.54) is 0 Å². The van der Waals surface area contributed by atoms with Crippen molar-refractivity contribution in [2.24, 2.45) is 0 Å². The van der Waals surface area contributed by atoms with Crippen LogP contribution in [0.2, 0.25) is 0 Å². The van der Waals surface area contributed by atoms with Gasteiger partial charge in [0, 0.05) is 12.2 Å². The molecule has 1 aromatic carbocycles. The standard InChI is InChI=1S/C14H16F3N3/c1-3-20-13(14(15,16)17)8-11(19-20)9-18-12-7-5-4-6-10(12)2/h4-8,18H,3,9H2,1-2H3. The lowest BCUT2D eigenvalue weighted by Crippen LogP contribution is -2.13. The van der Waals surface area contributed by atoms with E-state index in [2.05, 4.69) is 10.4 Å². The quantitative estimate of drug-likeness (QED) is 0.923. The maximum atomic E-state index is 12.8. The first-order valence-electron chi connectivity index (χ1n) is 6.35. The van der Waals surface area contributed by atoms with E-state index in [-0.39, 0.29) is 13.1 Å². The maximum absolute atomic E-state index is 12.8. The number of halogens is 3. The Labute approximate surface area is 115 Å². The highest BCUT2D eigenvalue weighted by molar-refractivity contribution is 5.50. The highest BCUT2D eigenvalue weighted by Crippen LogP contribution is 2.30. The molecular weight excluding hydrogens is 267 g/mol. The van der Waals surface area contributed by atoms with E-state index in [9.17, 15) is 13.2 Å². The first-order chi connectivity index (χ1) is 9.41. The molecule has 0 bridgehead atoms. The zero-order chi connectivity index (χ0) is 14.8. The number of hydrogen-bond donors (Lipinski definition) is 1. The fraction of sp³-hybridized carbons (Fsp3) is 0.357. The summed E-state index contributed by atoms with van der Waals surface area (Å²) < 4.78 is 39.4. The number of aryl methyl sites for hydroxylation is 2. The third-order valence-electron chi connectivity index (χ3n) is 3.03. The second kappa shape index (κ2) is 5.56. The molecule has 0 atom stereocenters. The Hall–Kier alpha value is -1.98. The van der Waals surface area contributed by atoms with Crippen molar-refractivity contribution < 1.29 is 13.2 Å². The molecule has 108 valence electrons. The Kier molecular flexibility index (Phi) is 4.01. The lowest BCUT2D eigenvalue weighted by Gasteiger charge is -2.07. The number of rotatable bonds is 4. The molecular formula is C14H16F3N3. The fourth-order valence-electron chi connectivity index (χ4n) is 1.98. The Morgan fingerprint density at radius 3 is 2.50 bits per heavy atom. The molecule has 0 amide bonds. The summed E-state index contributed by atoms with van der Waals surface area (Å²) in [5, 5.41) is 7.08. The minimum absolute atomic E-state index is 0.194. The van der Waals surface area contributed by atoms with Crippen molar-refractivity contribution in [1.82, 2.24) is 9.78 Å². The molecule has 0 fully saturated rings. The van der Waals surface area contributed by atoms with Gasteiger partial charge in [-0.1, -0.05) is 18.2 Å². The molecule has 20 heavy (non-hydrogen) atoms. The van der Waals surface area contributed by atoms with Crippen LogP contribution in [-0.4, -0.2) is 9.78 Å². The SMILES string of the molecule is CCn1nc(CNc2ccccc2C)cc1C(F)(F)F. The molecule has 1 heterocycles. The molecule has 1 N–H and O–H groups in total. The summed E-state index contributed by atoms with van der Waals surface area (Å²) in [5.41, 5.74) is 1.61. The highest BCUT2D eigenvalue weighted by atomic mass is 19.4. The molecule has 0 aliphatic carbocycles. The molecule has 3 nitrogen and oxygen atoms in total. The van der Waals surface area contributed by atoms with Crippen molar-refractivity contribution in [3.8, 4) is 0 Å². The summed E-state index contributed by atoms with van der Waals surface area (Å²) in [4.78, 5) is 0. The van der Waals surface area contributed by atoms with Crippen LogP contribution in [0.3, 0.4) is 0 Å². The van der Waals surface area contributed by atoms with Gasteiger partial charge in [0.25, 0.3) is 0 Å². The normalized spacial score (nSPS) is 11.7. The van der Waals surface area contributed by atoms with E-state index in [1.807, 2.05) is 31.2 Å². The summed E-state index contributed by atoms with van der Waals surface area (Å²) >= 11 is 0. The van der Waals surface area contributed by atoms with Gasteiger partial charge in [-0.25, -0.2) is 0 Å². The Morgan fingerprint density at radius 1 is 1.25 bits per heavy atom. The fourth-order valence-corrected chi connectivity index (χ4v) is 1.98. The van der Waals surface area contributed by atoms with E-state index < -0.39 is 11.9 Å². The Balaban J connectivity index is 2.15. The molecule has 0 spiro atoms. The predicted molar refractivity (Wildman–Crippen MR) is 71.4 cm³/mol. The van der Waals surface area contributed by atoms with Gasteiger partial charge in [0.1, 0.15) is 5.69 Å². The van der Waals surface area contributed by atoms with Gasteiger partial charge < -0.3 is 5.32 Å². The van der Waals surface area contributed by atoms with Gasteiger partial charge in [0.05, 0.1) is 12.2 Å². The molecule has 2 aromatic rings. The largest absolute Gasteiger partial charge is 0.433 e. The summed E-state index contributed by atoms with van der Waals surface area (Å²) in [6.07, 6.45) is -4.37. The van der Waals surface area contributed by atoms with Crippen LogP contribution >= 0.6 is 0 Å². The number of para-hydroxylation sites is 1. The summed E-state index contributed by atoms with van der Waals surface area (Å²) in [7, 11) is 0.